The number of aliphatic carboxylic acids is 1. The van der Waals surface area contributed by atoms with Gasteiger partial charge in [-0.15, -0.1) is 0 Å². The number of hydrogen-bond acceptors (Lipinski definition) is 3. The first-order chi connectivity index (χ1) is 9.81. The average Bonchev–Trinajstić information content (AvgIpc) is 2.79. The van der Waals surface area contributed by atoms with Gasteiger partial charge in [0.25, 0.3) is 0 Å². The van der Waals surface area contributed by atoms with Crippen molar-refractivity contribution in [3.63, 3.8) is 0 Å². The maximum Gasteiger partial charge on any atom is 0.327 e. The third-order valence-corrected chi connectivity index (χ3v) is 4.80. The molecule has 0 aromatic carbocycles. The van der Waals surface area contributed by atoms with E-state index in [1.807, 2.05) is 13.8 Å². The lowest BCUT2D eigenvalue weighted by Crippen LogP contribution is -2.59. The first kappa shape index (κ1) is 16.1. The van der Waals surface area contributed by atoms with Crippen LogP contribution in [0, 0.1) is 11.3 Å². The summed E-state index contributed by atoms with van der Waals surface area (Å²) >= 11 is 0. The zero-order valence-corrected chi connectivity index (χ0v) is 13.3. The maximum absolute atomic E-state index is 12.4. The number of carbonyl (C=O) groups is 2. The Hall–Kier alpha value is -1.30. The molecule has 0 radical (unpaired) electrons. The quantitative estimate of drug-likeness (QED) is 0.821. The van der Waals surface area contributed by atoms with Gasteiger partial charge in [0.05, 0.1) is 0 Å². The van der Waals surface area contributed by atoms with Crippen LogP contribution in [0.25, 0.3) is 0 Å². The van der Waals surface area contributed by atoms with Crippen molar-refractivity contribution in [3.8, 4) is 0 Å². The SMILES string of the molecule is CN1CCC(CNC(=O)N2CCCC(C)(C)C2C(=O)O)C1. The fraction of sp³-hybridized carbons (Fsp3) is 0.867. The smallest absolute Gasteiger partial charge is 0.327 e. The van der Waals surface area contributed by atoms with Gasteiger partial charge in [0.1, 0.15) is 6.04 Å². The summed E-state index contributed by atoms with van der Waals surface area (Å²) in [4.78, 5) is 27.7. The number of nitrogens with one attached hydrogen (secondary N) is 1. The van der Waals surface area contributed by atoms with Gasteiger partial charge in [-0.25, -0.2) is 9.59 Å². The lowest BCUT2D eigenvalue weighted by Gasteiger charge is -2.43. The lowest BCUT2D eigenvalue weighted by atomic mass is 9.76. The maximum atomic E-state index is 12.4. The van der Waals surface area contributed by atoms with Crippen LogP contribution in [-0.4, -0.2) is 66.2 Å². The summed E-state index contributed by atoms with van der Waals surface area (Å²) in [6, 6.07) is -0.970. The Morgan fingerprint density at radius 3 is 2.62 bits per heavy atom. The second-order valence-electron chi connectivity index (χ2n) is 7.13. The Bertz CT molecular complexity index is 411. The number of rotatable bonds is 3. The normalized spacial score (nSPS) is 29.4. The van der Waals surface area contributed by atoms with Crippen molar-refractivity contribution < 1.29 is 14.7 Å². The second-order valence-corrected chi connectivity index (χ2v) is 7.13. The van der Waals surface area contributed by atoms with Crippen LogP contribution in [0.1, 0.15) is 33.1 Å². The van der Waals surface area contributed by atoms with Gasteiger partial charge in [0, 0.05) is 19.6 Å². The molecule has 21 heavy (non-hydrogen) atoms. The first-order valence-electron chi connectivity index (χ1n) is 7.77. The van der Waals surface area contributed by atoms with Crippen molar-refractivity contribution in [1.82, 2.24) is 15.1 Å². The summed E-state index contributed by atoms with van der Waals surface area (Å²) in [5.41, 5.74) is -0.380. The summed E-state index contributed by atoms with van der Waals surface area (Å²) in [5, 5.41) is 12.4. The minimum absolute atomic E-state index is 0.232. The molecule has 0 aromatic rings. The van der Waals surface area contributed by atoms with Crippen molar-refractivity contribution >= 4 is 12.0 Å². The third-order valence-electron chi connectivity index (χ3n) is 4.80. The minimum atomic E-state index is -0.907. The Morgan fingerprint density at radius 2 is 2.05 bits per heavy atom. The number of carboxylic acid groups (broad SMARTS) is 1. The van der Waals surface area contributed by atoms with E-state index in [4.69, 9.17) is 0 Å². The fourth-order valence-corrected chi connectivity index (χ4v) is 3.61. The van der Waals surface area contributed by atoms with Gasteiger partial charge in [-0.3, -0.25) is 0 Å². The van der Waals surface area contributed by atoms with Gasteiger partial charge < -0.3 is 20.2 Å². The standard InChI is InChI=1S/C15H27N3O3/c1-15(2)6-4-7-18(12(15)13(19)20)14(21)16-9-11-5-8-17(3)10-11/h11-12H,4-10H2,1-3H3,(H,16,21)(H,19,20). The molecule has 2 N–H and O–H groups in total. The van der Waals surface area contributed by atoms with Crippen LogP contribution in [0.2, 0.25) is 0 Å². The molecule has 0 aliphatic carbocycles. The zero-order chi connectivity index (χ0) is 15.6. The first-order valence-corrected chi connectivity index (χ1v) is 7.77. The molecule has 0 spiro atoms. The average molecular weight is 297 g/mol. The van der Waals surface area contributed by atoms with E-state index in [2.05, 4.69) is 17.3 Å². The summed E-state index contributed by atoms with van der Waals surface area (Å²) < 4.78 is 0. The third kappa shape index (κ3) is 3.67. The largest absolute Gasteiger partial charge is 0.480 e. The predicted molar refractivity (Wildman–Crippen MR) is 80.1 cm³/mol. The molecule has 0 bridgehead atoms. The highest BCUT2D eigenvalue weighted by atomic mass is 16.4. The van der Waals surface area contributed by atoms with Gasteiger partial charge in [0.2, 0.25) is 0 Å². The van der Waals surface area contributed by atoms with E-state index in [-0.39, 0.29) is 11.4 Å². The molecule has 2 heterocycles. The summed E-state index contributed by atoms with van der Waals surface area (Å²) in [6.07, 6.45) is 2.78. The molecule has 2 rings (SSSR count). The highest BCUT2D eigenvalue weighted by molar-refractivity contribution is 5.83. The molecule has 6 nitrogen and oxygen atoms in total. The van der Waals surface area contributed by atoms with Crippen LogP contribution in [0.3, 0.4) is 0 Å². The van der Waals surface area contributed by atoms with Gasteiger partial charge in [-0.05, 0) is 44.2 Å². The molecule has 2 unspecified atom stereocenters. The monoisotopic (exact) mass is 297 g/mol. The highest BCUT2D eigenvalue weighted by Gasteiger charge is 2.44. The van der Waals surface area contributed by atoms with E-state index in [1.54, 1.807) is 0 Å². The summed E-state index contributed by atoms with van der Waals surface area (Å²) in [7, 11) is 2.08. The van der Waals surface area contributed by atoms with Gasteiger partial charge in [0.15, 0.2) is 0 Å². The number of likely N-dealkylation sites (tertiary alicyclic amines) is 2. The van der Waals surface area contributed by atoms with Crippen molar-refractivity contribution in [2.45, 2.75) is 39.2 Å². The van der Waals surface area contributed by atoms with E-state index in [0.717, 1.165) is 32.4 Å². The molecule has 2 atom stereocenters. The van der Waals surface area contributed by atoms with Crippen molar-refractivity contribution in [3.05, 3.63) is 0 Å². The number of carboxylic acids is 1. The second kappa shape index (κ2) is 6.22. The number of nitrogens with zero attached hydrogens (tertiary/aromatic N) is 2. The molecule has 2 saturated heterocycles. The van der Waals surface area contributed by atoms with E-state index in [9.17, 15) is 14.7 Å². The van der Waals surface area contributed by atoms with Crippen molar-refractivity contribution in [2.24, 2.45) is 11.3 Å². The summed E-state index contributed by atoms with van der Waals surface area (Å²) in [5.74, 6) is -0.435. The predicted octanol–water partition coefficient (Wildman–Crippen LogP) is 1.22. The topological polar surface area (TPSA) is 72.9 Å². The highest BCUT2D eigenvalue weighted by Crippen LogP contribution is 2.35. The van der Waals surface area contributed by atoms with Gasteiger partial charge in [-0.2, -0.15) is 0 Å². The fourth-order valence-electron chi connectivity index (χ4n) is 3.61. The molecule has 2 aliphatic heterocycles. The van der Waals surface area contributed by atoms with E-state index < -0.39 is 12.0 Å². The minimum Gasteiger partial charge on any atom is -0.480 e. The lowest BCUT2D eigenvalue weighted by molar-refractivity contribution is -0.148. The molecular formula is C15H27N3O3. The van der Waals surface area contributed by atoms with Crippen LogP contribution in [0.15, 0.2) is 0 Å². The molecule has 6 heteroatoms. The van der Waals surface area contributed by atoms with Crippen LogP contribution in [0.4, 0.5) is 4.79 Å². The van der Waals surface area contributed by atoms with Crippen molar-refractivity contribution in [1.29, 1.82) is 0 Å². The number of carbonyl (C=O) groups excluding carboxylic acids is 1. The van der Waals surface area contributed by atoms with E-state index in [1.165, 1.54) is 4.90 Å². The zero-order valence-electron chi connectivity index (χ0n) is 13.3. The molecule has 2 amide bonds. The molecule has 0 saturated carbocycles. The van der Waals surface area contributed by atoms with Crippen LogP contribution in [-0.2, 0) is 4.79 Å². The molecule has 120 valence electrons. The Morgan fingerprint density at radius 1 is 1.33 bits per heavy atom. The van der Waals surface area contributed by atoms with Crippen LogP contribution < -0.4 is 5.32 Å². The van der Waals surface area contributed by atoms with E-state index >= 15 is 0 Å². The van der Waals surface area contributed by atoms with E-state index in [0.29, 0.717) is 19.0 Å². The Labute approximate surface area is 126 Å². The van der Waals surface area contributed by atoms with Crippen LogP contribution >= 0.6 is 0 Å². The molecule has 0 aromatic heterocycles. The number of amides is 2. The van der Waals surface area contributed by atoms with Crippen LogP contribution in [0.5, 0.6) is 0 Å². The Balaban J connectivity index is 1.95. The Kier molecular flexibility index (Phi) is 4.76. The van der Waals surface area contributed by atoms with Gasteiger partial charge >= 0.3 is 12.0 Å². The number of urea groups is 1. The molecular weight excluding hydrogens is 270 g/mol. The molecule has 2 aliphatic rings. The number of hydrogen-bond donors (Lipinski definition) is 2. The number of piperidine rings is 1. The summed E-state index contributed by atoms with van der Waals surface area (Å²) in [6.45, 7) is 7.07. The van der Waals surface area contributed by atoms with Crippen molar-refractivity contribution in [2.75, 3.05) is 33.2 Å². The molecule has 2 fully saturated rings. The van der Waals surface area contributed by atoms with Gasteiger partial charge in [-0.1, -0.05) is 13.8 Å².